The van der Waals surface area contributed by atoms with Crippen molar-refractivity contribution in [2.45, 2.75) is 17.7 Å². The van der Waals surface area contributed by atoms with Crippen LogP contribution in [0.4, 0.5) is 0 Å². The molecule has 0 aliphatic rings. The van der Waals surface area contributed by atoms with E-state index in [1.807, 2.05) is 0 Å². The summed E-state index contributed by atoms with van der Waals surface area (Å²) in [7, 11) is 0. The molecule has 0 aliphatic heterocycles. The van der Waals surface area contributed by atoms with E-state index in [0.29, 0.717) is 0 Å². The van der Waals surface area contributed by atoms with Crippen molar-refractivity contribution in [2.75, 3.05) is 0 Å². The van der Waals surface area contributed by atoms with Gasteiger partial charge in [-0.2, -0.15) is 0 Å². The van der Waals surface area contributed by atoms with Gasteiger partial charge in [-0.15, -0.1) is 0 Å². The molecule has 2 rings (SSSR count). The molecule has 0 aromatic heterocycles. The summed E-state index contributed by atoms with van der Waals surface area (Å²) in [4.78, 5) is 0. The Labute approximate surface area is 176 Å². The summed E-state index contributed by atoms with van der Waals surface area (Å²) in [6.45, 7) is 0. The smallest absolute Gasteiger partial charge is 0.0250 e. The van der Waals surface area contributed by atoms with E-state index in [9.17, 15) is 0 Å². The lowest BCUT2D eigenvalue weighted by Gasteiger charge is -2.00. The molecule has 0 spiro atoms. The van der Waals surface area contributed by atoms with Gasteiger partial charge in [-0.3, -0.25) is 0 Å². The Hall–Kier alpha value is 1.36. The third kappa shape index (κ3) is 7.08. The highest BCUT2D eigenvalue weighted by Crippen LogP contribution is 2.15. The highest BCUT2D eigenvalue weighted by atomic mass is 127. The van der Waals surface area contributed by atoms with Gasteiger partial charge < -0.3 is 0 Å². The Morgan fingerprint density at radius 2 is 1.00 bits per heavy atom. The zero-order valence-corrected chi connectivity index (χ0v) is 19.6. The van der Waals surface area contributed by atoms with E-state index in [0.717, 1.165) is 17.7 Å². The van der Waals surface area contributed by atoms with Crippen molar-refractivity contribution in [1.82, 2.24) is 0 Å². The monoisotopic (exact) mass is 716 g/mol. The molecular formula is C16H16I4. The van der Waals surface area contributed by atoms with E-state index in [1.165, 1.54) is 22.3 Å². The molecule has 108 valence electrons. The van der Waals surface area contributed by atoms with Crippen LogP contribution >= 0.6 is 90.4 Å². The van der Waals surface area contributed by atoms with Crippen LogP contribution in [-0.2, 0) is 17.7 Å². The number of rotatable bonds is 4. The van der Waals surface area contributed by atoms with Crippen LogP contribution in [0.5, 0.6) is 0 Å². The maximum atomic E-state index is 2.40. The van der Waals surface area contributed by atoms with Crippen LogP contribution in [0.2, 0.25) is 0 Å². The molecule has 0 heterocycles. The van der Waals surface area contributed by atoms with E-state index in [-0.39, 0.29) is 0 Å². The van der Waals surface area contributed by atoms with Crippen molar-refractivity contribution in [3.63, 3.8) is 0 Å². The van der Waals surface area contributed by atoms with Crippen molar-refractivity contribution < 1.29 is 0 Å². The predicted molar refractivity (Wildman–Crippen MR) is 124 cm³/mol. The van der Waals surface area contributed by atoms with Gasteiger partial charge in [0.2, 0.25) is 0 Å². The first kappa shape index (κ1) is 19.4. The summed E-state index contributed by atoms with van der Waals surface area (Å²) in [5, 5.41) is 0. The fourth-order valence-electron chi connectivity index (χ4n) is 1.61. The third-order valence-electron chi connectivity index (χ3n) is 2.71. The minimum absolute atomic E-state index is 1.11. The zero-order chi connectivity index (χ0) is 14.8. The van der Waals surface area contributed by atoms with Crippen LogP contribution in [-0.4, -0.2) is 0 Å². The molecule has 2 aromatic carbocycles. The molecular weight excluding hydrogens is 700 g/mol. The molecule has 0 bridgehead atoms. The lowest BCUT2D eigenvalue weighted by Crippen LogP contribution is -1.84. The standard InChI is InChI=1S/2C8H8I2/c9-5-7-2-1-3-8(4-7)6-10;9-5-7-3-1-2-4-8(7)6-10/h2*1-4H,5-6H2. The molecule has 0 radical (unpaired) electrons. The van der Waals surface area contributed by atoms with Crippen LogP contribution in [0.15, 0.2) is 48.5 Å². The molecule has 2 aromatic rings. The Bertz CT molecular complexity index is 469. The van der Waals surface area contributed by atoms with E-state index in [2.05, 4.69) is 139 Å². The first-order valence-corrected chi connectivity index (χ1v) is 12.2. The van der Waals surface area contributed by atoms with Gasteiger partial charge in [-0.1, -0.05) is 139 Å². The van der Waals surface area contributed by atoms with Gasteiger partial charge in [0.1, 0.15) is 0 Å². The van der Waals surface area contributed by atoms with E-state index >= 15 is 0 Å². The van der Waals surface area contributed by atoms with E-state index in [1.54, 1.807) is 0 Å². The van der Waals surface area contributed by atoms with Crippen LogP contribution in [0.1, 0.15) is 22.3 Å². The van der Waals surface area contributed by atoms with Crippen molar-refractivity contribution in [3.05, 3.63) is 70.8 Å². The first-order valence-electron chi connectivity index (χ1n) is 6.13. The lowest BCUT2D eigenvalue weighted by molar-refractivity contribution is 1.32. The Morgan fingerprint density at radius 1 is 0.550 bits per heavy atom. The molecule has 0 aliphatic carbocycles. The first-order chi connectivity index (χ1) is 9.74. The van der Waals surface area contributed by atoms with Gasteiger partial charge in [0, 0.05) is 17.7 Å². The largest absolute Gasteiger partial charge is 0.0812 e. The average Bonchev–Trinajstić information content (AvgIpc) is 2.55. The van der Waals surface area contributed by atoms with Crippen molar-refractivity contribution in [2.24, 2.45) is 0 Å². The summed E-state index contributed by atoms with van der Waals surface area (Å²) >= 11 is 9.57. The van der Waals surface area contributed by atoms with Crippen molar-refractivity contribution in [3.8, 4) is 0 Å². The third-order valence-corrected chi connectivity index (χ3v) is 6.11. The summed E-state index contributed by atoms with van der Waals surface area (Å²) in [6.07, 6.45) is 0. The summed E-state index contributed by atoms with van der Waals surface area (Å²) < 4.78 is 4.47. The maximum Gasteiger partial charge on any atom is 0.0250 e. The van der Waals surface area contributed by atoms with E-state index in [4.69, 9.17) is 0 Å². The molecule has 0 N–H and O–H groups in total. The molecule has 0 fully saturated rings. The Kier molecular flexibility index (Phi) is 11.5. The van der Waals surface area contributed by atoms with Gasteiger partial charge in [0.25, 0.3) is 0 Å². The fraction of sp³-hybridized carbons (Fsp3) is 0.250. The molecule has 0 saturated heterocycles. The predicted octanol–water partition coefficient (Wildman–Crippen LogP) is 7.11. The zero-order valence-electron chi connectivity index (χ0n) is 11.0. The molecule has 0 amide bonds. The number of hydrogen-bond acceptors (Lipinski definition) is 0. The number of halogens is 4. The lowest BCUT2D eigenvalue weighted by atomic mass is 10.1. The molecule has 4 heteroatoms. The second-order valence-corrected chi connectivity index (χ2v) is 7.17. The second-order valence-electron chi connectivity index (χ2n) is 4.12. The fourth-order valence-corrected chi connectivity index (χ4v) is 4.05. The van der Waals surface area contributed by atoms with Gasteiger partial charge >= 0.3 is 0 Å². The van der Waals surface area contributed by atoms with Crippen molar-refractivity contribution >= 4 is 90.4 Å². The van der Waals surface area contributed by atoms with Crippen LogP contribution in [0, 0.1) is 0 Å². The van der Waals surface area contributed by atoms with Crippen LogP contribution < -0.4 is 0 Å². The highest BCUT2D eigenvalue weighted by Gasteiger charge is 1.95. The summed E-state index contributed by atoms with van der Waals surface area (Å²) in [5.41, 5.74) is 5.79. The van der Waals surface area contributed by atoms with Crippen LogP contribution in [0.25, 0.3) is 0 Å². The van der Waals surface area contributed by atoms with Gasteiger partial charge in [0.05, 0.1) is 0 Å². The topological polar surface area (TPSA) is 0 Å². The molecule has 0 saturated carbocycles. The molecule has 0 unspecified atom stereocenters. The SMILES string of the molecule is ICc1cccc(CI)c1.ICc1ccccc1CI. The Morgan fingerprint density at radius 3 is 1.35 bits per heavy atom. The summed E-state index contributed by atoms with van der Waals surface area (Å²) in [5.74, 6) is 0. The number of hydrogen-bond donors (Lipinski definition) is 0. The van der Waals surface area contributed by atoms with E-state index < -0.39 is 0 Å². The molecule has 20 heavy (non-hydrogen) atoms. The number of alkyl halides is 4. The quantitative estimate of drug-likeness (QED) is 0.234. The van der Waals surface area contributed by atoms with Gasteiger partial charge in [-0.25, -0.2) is 0 Å². The maximum absolute atomic E-state index is 2.40. The number of benzene rings is 2. The minimum atomic E-state index is 1.11. The molecule has 0 atom stereocenters. The second kappa shape index (κ2) is 11.9. The Balaban J connectivity index is 0.000000200. The van der Waals surface area contributed by atoms with Gasteiger partial charge in [0.15, 0.2) is 0 Å². The minimum Gasteiger partial charge on any atom is -0.0812 e. The van der Waals surface area contributed by atoms with Crippen LogP contribution in [0.3, 0.4) is 0 Å². The summed E-state index contributed by atoms with van der Waals surface area (Å²) in [6, 6.07) is 17.3. The molecule has 0 nitrogen and oxygen atoms in total. The van der Waals surface area contributed by atoms with Gasteiger partial charge in [-0.05, 0) is 22.3 Å². The normalized spacial score (nSPS) is 9.80. The van der Waals surface area contributed by atoms with Crippen molar-refractivity contribution in [1.29, 1.82) is 0 Å². The highest BCUT2D eigenvalue weighted by molar-refractivity contribution is 14.1. The average molecular weight is 716 g/mol.